The lowest BCUT2D eigenvalue weighted by Crippen LogP contribution is -2.09. The van der Waals surface area contributed by atoms with Crippen LogP contribution < -0.4 is 10.5 Å². The minimum absolute atomic E-state index is 0.0746. The highest BCUT2D eigenvalue weighted by atomic mass is 32.2. The average molecular weight is 386 g/mol. The van der Waals surface area contributed by atoms with Crippen molar-refractivity contribution in [2.45, 2.75) is 19.9 Å². The lowest BCUT2D eigenvalue weighted by atomic mass is 10.0. The van der Waals surface area contributed by atoms with Crippen LogP contribution in [0, 0.1) is 17.7 Å². The molecule has 0 atom stereocenters. The van der Waals surface area contributed by atoms with Gasteiger partial charge in [0.05, 0.1) is 18.9 Å². The summed E-state index contributed by atoms with van der Waals surface area (Å²) in [5.74, 6) is 5.12. The Morgan fingerprint density at radius 3 is 2.85 bits per heavy atom. The zero-order chi connectivity index (χ0) is 19.6. The zero-order valence-electron chi connectivity index (χ0n) is 15.0. The van der Waals surface area contributed by atoms with Gasteiger partial charge < -0.3 is 10.5 Å². The molecule has 0 radical (unpaired) electrons. The number of benzene rings is 1. The molecule has 1 heterocycles. The van der Waals surface area contributed by atoms with Crippen LogP contribution in [0.1, 0.15) is 28.5 Å². The molecule has 0 unspecified atom stereocenters. The van der Waals surface area contributed by atoms with Gasteiger partial charge in [-0.3, -0.25) is 9.79 Å². The summed E-state index contributed by atoms with van der Waals surface area (Å²) in [7, 11) is 0. The number of carbonyl (C=O) groups is 1. The molecule has 1 aromatic heterocycles. The van der Waals surface area contributed by atoms with E-state index in [0.717, 1.165) is 0 Å². The van der Waals surface area contributed by atoms with Gasteiger partial charge in [-0.25, -0.2) is 14.4 Å². The van der Waals surface area contributed by atoms with E-state index in [9.17, 15) is 9.18 Å². The minimum Gasteiger partial charge on any atom is -0.463 e. The summed E-state index contributed by atoms with van der Waals surface area (Å²) in [4.78, 5) is 24.6. The van der Waals surface area contributed by atoms with Gasteiger partial charge in [-0.1, -0.05) is 29.8 Å². The van der Waals surface area contributed by atoms with Crippen LogP contribution in [0.4, 0.5) is 4.39 Å². The third-order valence-electron chi connectivity index (χ3n) is 3.47. The fourth-order valence-electron chi connectivity index (χ4n) is 2.08. The van der Waals surface area contributed by atoms with E-state index >= 15 is 0 Å². The SMILES string of the molecule is CC#CCOc1cnc(C(=O)Cc2ccc(F)c(CN=C(N)SC)c2)cn1. The molecule has 0 aliphatic rings. The topological polar surface area (TPSA) is 90.5 Å². The quantitative estimate of drug-likeness (QED) is 0.340. The molecule has 0 bridgehead atoms. The molecule has 1 aromatic carbocycles. The highest BCUT2D eigenvalue weighted by Gasteiger charge is 2.12. The molecule has 0 spiro atoms. The van der Waals surface area contributed by atoms with E-state index in [1.165, 1.54) is 30.2 Å². The molecule has 8 heteroatoms. The first-order chi connectivity index (χ1) is 13.0. The van der Waals surface area contributed by atoms with Crippen molar-refractivity contribution in [1.82, 2.24) is 9.97 Å². The number of hydrogen-bond donors (Lipinski definition) is 1. The Bertz CT molecular complexity index is 889. The van der Waals surface area contributed by atoms with Gasteiger partial charge in [0.15, 0.2) is 17.6 Å². The van der Waals surface area contributed by atoms with Crippen LogP contribution in [0.5, 0.6) is 5.88 Å². The molecule has 140 valence electrons. The number of halogens is 1. The Morgan fingerprint density at radius 2 is 2.19 bits per heavy atom. The number of nitrogens with zero attached hydrogens (tertiary/aromatic N) is 3. The van der Waals surface area contributed by atoms with Crippen molar-refractivity contribution in [2.24, 2.45) is 10.7 Å². The molecule has 0 saturated heterocycles. The summed E-state index contributed by atoms with van der Waals surface area (Å²) in [6.45, 7) is 2.04. The number of rotatable bonds is 7. The lowest BCUT2D eigenvalue weighted by Gasteiger charge is -2.06. The van der Waals surface area contributed by atoms with E-state index in [-0.39, 0.29) is 36.9 Å². The second kappa shape index (κ2) is 10.3. The summed E-state index contributed by atoms with van der Waals surface area (Å²) in [6, 6.07) is 4.49. The smallest absolute Gasteiger partial charge is 0.233 e. The van der Waals surface area contributed by atoms with E-state index in [1.54, 1.807) is 25.3 Å². The third kappa shape index (κ3) is 6.38. The molecule has 27 heavy (non-hydrogen) atoms. The number of ketones is 1. The van der Waals surface area contributed by atoms with Crippen LogP contribution in [-0.4, -0.2) is 33.8 Å². The molecule has 0 saturated carbocycles. The molecule has 0 aliphatic carbocycles. The van der Waals surface area contributed by atoms with Crippen molar-refractivity contribution in [3.8, 4) is 17.7 Å². The fraction of sp³-hybridized carbons (Fsp3) is 0.263. The molecule has 2 N–H and O–H groups in total. The van der Waals surface area contributed by atoms with Gasteiger partial charge in [0, 0.05) is 12.0 Å². The summed E-state index contributed by atoms with van der Waals surface area (Å²) >= 11 is 1.29. The number of aromatic nitrogens is 2. The number of aliphatic imine (C=N–C) groups is 1. The first-order valence-corrected chi connectivity index (χ1v) is 9.24. The van der Waals surface area contributed by atoms with Crippen molar-refractivity contribution in [3.05, 3.63) is 53.2 Å². The predicted octanol–water partition coefficient (Wildman–Crippen LogP) is 2.62. The van der Waals surface area contributed by atoms with Crippen LogP contribution in [-0.2, 0) is 13.0 Å². The van der Waals surface area contributed by atoms with Crippen LogP contribution in [0.25, 0.3) is 0 Å². The molecule has 0 amide bonds. The third-order valence-corrected chi connectivity index (χ3v) is 4.02. The number of nitrogens with two attached hydrogens (primary N) is 1. The minimum atomic E-state index is -0.389. The van der Waals surface area contributed by atoms with E-state index in [2.05, 4.69) is 26.8 Å². The number of Topliss-reactive ketones (excluding diaryl/α,β-unsaturated/α-hetero) is 1. The highest BCUT2D eigenvalue weighted by Crippen LogP contribution is 2.15. The second-order valence-corrected chi connectivity index (χ2v) is 6.17. The van der Waals surface area contributed by atoms with E-state index in [4.69, 9.17) is 10.5 Å². The molecular formula is C19H19FN4O2S. The maximum Gasteiger partial charge on any atom is 0.233 e. The molecule has 0 aliphatic heterocycles. The highest BCUT2D eigenvalue weighted by molar-refractivity contribution is 8.13. The summed E-state index contributed by atoms with van der Waals surface area (Å²) in [5.41, 5.74) is 6.87. The van der Waals surface area contributed by atoms with Gasteiger partial charge in [-0.2, -0.15) is 0 Å². The summed E-state index contributed by atoms with van der Waals surface area (Å²) in [5, 5.41) is 0.374. The van der Waals surface area contributed by atoms with Crippen molar-refractivity contribution in [1.29, 1.82) is 0 Å². The van der Waals surface area contributed by atoms with Crippen LogP contribution in [0.15, 0.2) is 35.6 Å². The number of carbonyl (C=O) groups excluding carboxylic acids is 1. The number of hydrogen-bond acceptors (Lipinski definition) is 6. The van der Waals surface area contributed by atoms with Crippen molar-refractivity contribution < 1.29 is 13.9 Å². The molecule has 2 rings (SSSR count). The fourth-order valence-corrected chi connectivity index (χ4v) is 2.27. The summed E-state index contributed by atoms with van der Waals surface area (Å²) in [6.07, 6.45) is 4.59. The Balaban J connectivity index is 2.05. The zero-order valence-corrected chi connectivity index (χ0v) is 15.8. The normalized spacial score (nSPS) is 10.9. The predicted molar refractivity (Wildman–Crippen MR) is 104 cm³/mol. The van der Waals surface area contributed by atoms with Gasteiger partial charge in [0.2, 0.25) is 5.88 Å². The summed E-state index contributed by atoms with van der Waals surface area (Å²) < 4.78 is 19.2. The Hall–Kier alpha value is -2.92. The Kier molecular flexibility index (Phi) is 7.77. The molecular weight excluding hydrogens is 367 g/mol. The van der Waals surface area contributed by atoms with Crippen LogP contribution >= 0.6 is 11.8 Å². The number of amidine groups is 1. The molecule has 2 aromatic rings. The first kappa shape index (κ1) is 20.4. The van der Waals surface area contributed by atoms with Gasteiger partial charge in [-0.05, 0) is 24.8 Å². The van der Waals surface area contributed by atoms with E-state index in [1.807, 2.05) is 0 Å². The Labute approximate surface area is 161 Å². The first-order valence-electron chi connectivity index (χ1n) is 8.02. The van der Waals surface area contributed by atoms with Gasteiger partial charge >= 0.3 is 0 Å². The van der Waals surface area contributed by atoms with Crippen molar-refractivity contribution in [3.63, 3.8) is 0 Å². The van der Waals surface area contributed by atoms with E-state index < -0.39 is 0 Å². The number of thioether (sulfide) groups is 1. The molecule has 6 nitrogen and oxygen atoms in total. The number of ether oxygens (including phenoxy) is 1. The average Bonchev–Trinajstić information content (AvgIpc) is 2.68. The maximum absolute atomic E-state index is 13.9. The maximum atomic E-state index is 13.9. The van der Waals surface area contributed by atoms with Gasteiger partial charge in [0.25, 0.3) is 0 Å². The van der Waals surface area contributed by atoms with Gasteiger partial charge in [-0.15, -0.1) is 5.92 Å². The van der Waals surface area contributed by atoms with Crippen molar-refractivity contribution >= 4 is 22.7 Å². The van der Waals surface area contributed by atoms with Crippen LogP contribution in [0.3, 0.4) is 0 Å². The van der Waals surface area contributed by atoms with Crippen LogP contribution in [0.2, 0.25) is 0 Å². The second-order valence-electron chi connectivity index (χ2n) is 5.34. The standard InChI is InChI=1S/C19H19FN4O2S/c1-3-4-7-26-18-12-22-16(11-23-18)17(25)9-13-5-6-15(20)14(8-13)10-24-19(21)27-2/h5-6,8,11-12H,7,9-10H2,1-2H3,(H2,21,24). The Morgan fingerprint density at radius 1 is 1.37 bits per heavy atom. The largest absolute Gasteiger partial charge is 0.463 e. The van der Waals surface area contributed by atoms with E-state index in [0.29, 0.717) is 22.2 Å². The monoisotopic (exact) mass is 386 g/mol. The van der Waals surface area contributed by atoms with Crippen molar-refractivity contribution in [2.75, 3.05) is 12.9 Å². The van der Waals surface area contributed by atoms with Gasteiger partial charge in [0.1, 0.15) is 11.5 Å². The lowest BCUT2D eigenvalue weighted by molar-refractivity contribution is 0.0987. The molecule has 0 fully saturated rings.